The summed E-state index contributed by atoms with van der Waals surface area (Å²) in [6.45, 7) is 9.32. The van der Waals surface area contributed by atoms with Crippen molar-refractivity contribution in [3.63, 3.8) is 0 Å². The van der Waals surface area contributed by atoms with Crippen LogP contribution in [0.25, 0.3) is 0 Å². The standard InChI is InChI=1S/C18H30N2O/c1-3-13-20(14-16-9-11-19-12-10-16)15-18(2,21)17-7-5-4-6-8-17/h4-8,16,19,21H,3,9-15H2,1-2H3. The fraction of sp³-hybridized carbons (Fsp3) is 0.667. The first-order chi connectivity index (χ1) is 10.1. The van der Waals surface area contributed by atoms with E-state index in [-0.39, 0.29) is 0 Å². The second-order valence-electron chi connectivity index (χ2n) is 6.57. The van der Waals surface area contributed by atoms with E-state index in [1.807, 2.05) is 37.3 Å². The van der Waals surface area contributed by atoms with Gasteiger partial charge in [0.25, 0.3) is 0 Å². The summed E-state index contributed by atoms with van der Waals surface area (Å²) in [6, 6.07) is 10.0. The molecule has 118 valence electrons. The van der Waals surface area contributed by atoms with E-state index in [0.717, 1.165) is 50.6 Å². The van der Waals surface area contributed by atoms with Gasteiger partial charge in [0.05, 0.1) is 5.60 Å². The molecule has 1 heterocycles. The molecule has 1 aliphatic heterocycles. The van der Waals surface area contributed by atoms with Gasteiger partial charge < -0.3 is 10.4 Å². The Labute approximate surface area is 129 Å². The van der Waals surface area contributed by atoms with Crippen molar-refractivity contribution < 1.29 is 5.11 Å². The van der Waals surface area contributed by atoms with Gasteiger partial charge in [0.2, 0.25) is 0 Å². The van der Waals surface area contributed by atoms with Crippen molar-refractivity contribution in [1.82, 2.24) is 10.2 Å². The van der Waals surface area contributed by atoms with Crippen molar-refractivity contribution in [1.29, 1.82) is 0 Å². The third kappa shape index (κ3) is 5.10. The van der Waals surface area contributed by atoms with Crippen LogP contribution in [0.2, 0.25) is 0 Å². The van der Waals surface area contributed by atoms with Gasteiger partial charge in [-0.1, -0.05) is 37.3 Å². The molecule has 2 N–H and O–H groups in total. The topological polar surface area (TPSA) is 35.5 Å². The molecular weight excluding hydrogens is 260 g/mol. The van der Waals surface area contributed by atoms with Crippen LogP contribution in [-0.2, 0) is 5.60 Å². The van der Waals surface area contributed by atoms with Gasteiger partial charge >= 0.3 is 0 Å². The van der Waals surface area contributed by atoms with Crippen LogP contribution in [0.5, 0.6) is 0 Å². The highest BCUT2D eigenvalue weighted by molar-refractivity contribution is 5.21. The Kier molecular flexibility index (Phi) is 6.22. The molecule has 0 aromatic heterocycles. The van der Waals surface area contributed by atoms with E-state index >= 15 is 0 Å². The Bertz CT molecular complexity index is 399. The van der Waals surface area contributed by atoms with Crippen LogP contribution in [0.3, 0.4) is 0 Å². The summed E-state index contributed by atoms with van der Waals surface area (Å²) >= 11 is 0. The summed E-state index contributed by atoms with van der Waals surface area (Å²) in [4.78, 5) is 2.45. The minimum atomic E-state index is -0.774. The number of nitrogens with one attached hydrogen (secondary N) is 1. The molecule has 1 fully saturated rings. The molecule has 0 aliphatic carbocycles. The van der Waals surface area contributed by atoms with Crippen molar-refractivity contribution in [2.45, 2.75) is 38.7 Å². The van der Waals surface area contributed by atoms with Crippen LogP contribution in [0.15, 0.2) is 30.3 Å². The number of piperidine rings is 1. The van der Waals surface area contributed by atoms with Crippen LogP contribution in [0, 0.1) is 5.92 Å². The first-order valence-electron chi connectivity index (χ1n) is 8.33. The van der Waals surface area contributed by atoms with Gasteiger partial charge in [-0.05, 0) is 57.3 Å². The van der Waals surface area contributed by atoms with Gasteiger partial charge in [-0.2, -0.15) is 0 Å². The minimum absolute atomic E-state index is 0.717. The fourth-order valence-electron chi connectivity index (χ4n) is 3.30. The van der Waals surface area contributed by atoms with Gasteiger partial charge in [0.15, 0.2) is 0 Å². The summed E-state index contributed by atoms with van der Waals surface area (Å²) in [5, 5.41) is 14.3. The predicted octanol–water partition coefficient (Wildman–Crippen LogP) is 2.61. The number of rotatable bonds is 7. The summed E-state index contributed by atoms with van der Waals surface area (Å²) in [5.74, 6) is 0.768. The quantitative estimate of drug-likeness (QED) is 0.810. The Morgan fingerprint density at radius 2 is 1.90 bits per heavy atom. The van der Waals surface area contributed by atoms with Gasteiger partial charge in [-0.15, -0.1) is 0 Å². The molecule has 3 nitrogen and oxygen atoms in total. The molecule has 1 atom stereocenters. The Morgan fingerprint density at radius 1 is 1.24 bits per heavy atom. The molecule has 2 rings (SSSR count). The summed E-state index contributed by atoms with van der Waals surface area (Å²) in [5.41, 5.74) is 0.236. The molecule has 21 heavy (non-hydrogen) atoms. The lowest BCUT2D eigenvalue weighted by atomic mass is 9.93. The normalized spacial score (nSPS) is 19.6. The number of hydrogen-bond donors (Lipinski definition) is 2. The molecular formula is C18H30N2O. The second kappa shape index (κ2) is 7.92. The molecule has 0 amide bonds. The molecule has 0 bridgehead atoms. The van der Waals surface area contributed by atoms with Crippen molar-refractivity contribution in [2.75, 3.05) is 32.7 Å². The van der Waals surface area contributed by atoms with Crippen LogP contribution in [0.1, 0.15) is 38.7 Å². The van der Waals surface area contributed by atoms with Gasteiger partial charge in [0.1, 0.15) is 0 Å². The lowest BCUT2D eigenvalue weighted by Crippen LogP contribution is -2.43. The molecule has 3 heteroatoms. The van der Waals surface area contributed by atoms with Crippen molar-refractivity contribution >= 4 is 0 Å². The van der Waals surface area contributed by atoms with Crippen LogP contribution in [0.4, 0.5) is 0 Å². The summed E-state index contributed by atoms with van der Waals surface area (Å²) < 4.78 is 0. The number of hydrogen-bond acceptors (Lipinski definition) is 3. The maximum atomic E-state index is 10.9. The number of benzene rings is 1. The third-order valence-electron chi connectivity index (χ3n) is 4.44. The zero-order valence-corrected chi connectivity index (χ0v) is 13.5. The summed E-state index contributed by atoms with van der Waals surface area (Å²) in [7, 11) is 0. The number of nitrogens with zero attached hydrogens (tertiary/aromatic N) is 1. The monoisotopic (exact) mass is 290 g/mol. The van der Waals surface area contributed by atoms with E-state index in [2.05, 4.69) is 17.1 Å². The van der Waals surface area contributed by atoms with Crippen molar-refractivity contribution in [2.24, 2.45) is 5.92 Å². The van der Waals surface area contributed by atoms with Gasteiger partial charge in [0, 0.05) is 13.1 Å². The lowest BCUT2D eigenvalue weighted by Gasteiger charge is -2.35. The van der Waals surface area contributed by atoms with Gasteiger partial charge in [-0.25, -0.2) is 0 Å². The second-order valence-corrected chi connectivity index (χ2v) is 6.57. The van der Waals surface area contributed by atoms with Crippen LogP contribution in [-0.4, -0.2) is 42.7 Å². The van der Waals surface area contributed by atoms with Crippen molar-refractivity contribution in [3.8, 4) is 0 Å². The minimum Gasteiger partial charge on any atom is -0.384 e. The molecule has 1 unspecified atom stereocenters. The highest BCUT2D eigenvalue weighted by atomic mass is 16.3. The number of aliphatic hydroxyl groups is 1. The van der Waals surface area contributed by atoms with Crippen LogP contribution >= 0.6 is 0 Å². The third-order valence-corrected chi connectivity index (χ3v) is 4.44. The Balaban J connectivity index is 1.97. The molecule has 1 saturated heterocycles. The lowest BCUT2D eigenvalue weighted by molar-refractivity contribution is 0.00992. The van der Waals surface area contributed by atoms with Crippen molar-refractivity contribution in [3.05, 3.63) is 35.9 Å². The predicted molar refractivity (Wildman–Crippen MR) is 88.3 cm³/mol. The zero-order chi connectivity index (χ0) is 15.1. The Hall–Kier alpha value is -0.900. The Morgan fingerprint density at radius 3 is 2.52 bits per heavy atom. The molecule has 0 spiro atoms. The van der Waals surface area contributed by atoms with Gasteiger partial charge in [-0.3, -0.25) is 4.90 Å². The fourth-order valence-corrected chi connectivity index (χ4v) is 3.30. The molecule has 1 aliphatic rings. The van der Waals surface area contributed by atoms with E-state index in [0.29, 0.717) is 0 Å². The first kappa shape index (κ1) is 16.5. The highest BCUT2D eigenvalue weighted by Crippen LogP contribution is 2.23. The molecule has 0 saturated carbocycles. The maximum Gasteiger partial charge on any atom is 0.0994 e. The molecule has 0 radical (unpaired) electrons. The molecule has 1 aromatic carbocycles. The van der Waals surface area contributed by atoms with Crippen LogP contribution < -0.4 is 5.32 Å². The van der Waals surface area contributed by atoms with E-state index in [1.54, 1.807) is 0 Å². The highest BCUT2D eigenvalue weighted by Gasteiger charge is 2.27. The SMILES string of the molecule is CCCN(CC1CCNCC1)CC(C)(O)c1ccccc1. The molecule has 1 aromatic rings. The summed E-state index contributed by atoms with van der Waals surface area (Å²) in [6.07, 6.45) is 3.65. The zero-order valence-electron chi connectivity index (χ0n) is 13.5. The maximum absolute atomic E-state index is 10.9. The van der Waals surface area contributed by atoms with E-state index < -0.39 is 5.60 Å². The smallest absolute Gasteiger partial charge is 0.0994 e. The van der Waals surface area contributed by atoms with E-state index in [1.165, 1.54) is 12.8 Å². The van der Waals surface area contributed by atoms with E-state index in [9.17, 15) is 5.11 Å². The first-order valence-corrected chi connectivity index (χ1v) is 8.33. The average Bonchev–Trinajstić information content (AvgIpc) is 2.49. The average molecular weight is 290 g/mol. The van der Waals surface area contributed by atoms with E-state index in [4.69, 9.17) is 0 Å². The largest absolute Gasteiger partial charge is 0.384 e.